The summed E-state index contributed by atoms with van der Waals surface area (Å²) >= 11 is 1.46. The van der Waals surface area contributed by atoms with Gasteiger partial charge in [-0.2, -0.15) is 10.2 Å². The lowest BCUT2D eigenvalue weighted by Gasteiger charge is -2.19. The number of hydrogen-bond donors (Lipinski definition) is 2. The first-order valence-corrected chi connectivity index (χ1v) is 11.9. The second kappa shape index (κ2) is 8.78. The van der Waals surface area contributed by atoms with Gasteiger partial charge in [0, 0.05) is 11.8 Å². The SMILES string of the molecule is Cc1ncc(NC(=O)OC(C)(C)C)cc1NC(=O)c1cnn2cc(-c3cnn4c3COCC4)sc12. The molecule has 4 aromatic rings. The maximum absolute atomic E-state index is 13.2. The van der Waals surface area contributed by atoms with E-state index in [1.54, 1.807) is 38.3 Å². The van der Waals surface area contributed by atoms with Gasteiger partial charge >= 0.3 is 6.09 Å². The standard InChI is InChI=1S/C23H25N7O4S/c1-13-17(7-14(8-24-13)27-22(32)34-23(2,3)4)28-20(31)16-10-26-30-11-19(35-21(16)30)15-9-25-29-5-6-33-12-18(15)29/h7-11H,5-6,12H2,1-4H3,(H,27,32)(H,28,31). The first-order valence-electron chi connectivity index (χ1n) is 11.1. The van der Waals surface area contributed by atoms with Gasteiger partial charge in [-0.15, -0.1) is 11.3 Å². The van der Waals surface area contributed by atoms with Crippen LogP contribution in [0.25, 0.3) is 15.3 Å². The molecular formula is C23H25N7O4S. The van der Waals surface area contributed by atoms with Gasteiger partial charge in [0.2, 0.25) is 0 Å². The molecule has 0 aliphatic carbocycles. The predicted molar refractivity (Wildman–Crippen MR) is 131 cm³/mol. The highest BCUT2D eigenvalue weighted by Crippen LogP contribution is 2.34. The van der Waals surface area contributed by atoms with Gasteiger partial charge in [-0.3, -0.25) is 19.8 Å². The Hall–Kier alpha value is -3.77. The highest BCUT2D eigenvalue weighted by molar-refractivity contribution is 7.21. The second-order valence-corrected chi connectivity index (χ2v) is 10.2. The van der Waals surface area contributed by atoms with Crippen LogP contribution in [0.2, 0.25) is 0 Å². The molecule has 5 heterocycles. The summed E-state index contributed by atoms with van der Waals surface area (Å²) in [5, 5.41) is 14.3. The zero-order valence-corrected chi connectivity index (χ0v) is 20.6. The molecular weight excluding hydrogens is 470 g/mol. The van der Waals surface area contributed by atoms with E-state index in [4.69, 9.17) is 9.47 Å². The van der Waals surface area contributed by atoms with E-state index in [2.05, 4.69) is 25.8 Å². The summed E-state index contributed by atoms with van der Waals surface area (Å²) in [5.74, 6) is -0.326. The van der Waals surface area contributed by atoms with E-state index >= 15 is 0 Å². The van der Waals surface area contributed by atoms with E-state index in [1.807, 2.05) is 17.1 Å². The molecule has 1 aliphatic heterocycles. The Morgan fingerprint density at radius 1 is 1.17 bits per heavy atom. The summed E-state index contributed by atoms with van der Waals surface area (Å²) in [4.78, 5) is 31.2. The van der Waals surface area contributed by atoms with Crippen molar-refractivity contribution in [3.63, 3.8) is 0 Å². The number of aromatic nitrogens is 5. The first kappa shape index (κ1) is 23.0. The third kappa shape index (κ3) is 4.75. The Kier molecular flexibility index (Phi) is 5.77. The van der Waals surface area contributed by atoms with Gasteiger partial charge in [0.15, 0.2) is 0 Å². The van der Waals surface area contributed by atoms with Gasteiger partial charge in [0.05, 0.1) is 71.6 Å². The minimum Gasteiger partial charge on any atom is -0.444 e. The van der Waals surface area contributed by atoms with Crippen LogP contribution < -0.4 is 10.6 Å². The smallest absolute Gasteiger partial charge is 0.412 e. The van der Waals surface area contributed by atoms with Crippen LogP contribution in [-0.2, 0) is 22.6 Å². The third-order valence-corrected chi connectivity index (χ3v) is 6.47. The van der Waals surface area contributed by atoms with Crippen LogP contribution in [0.4, 0.5) is 16.2 Å². The van der Waals surface area contributed by atoms with Crippen molar-refractivity contribution in [2.24, 2.45) is 0 Å². The van der Waals surface area contributed by atoms with E-state index in [0.717, 1.165) is 22.7 Å². The number of carbonyl (C=O) groups excluding carboxylic acids is 2. The summed E-state index contributed by atoms with van der Waals surface area (Å²) < 4.78 is 14.5. The van der Waals surface area contributed by atoms with E-state index in [-0.39, 0.29) is 5.91 Å². The molecule has 0 saturated carbocycles. The van der Waals surface area contributed by atoms with Crippen molar-refractivity contribution in [2.75, 3.05) is 17.2 Å². The largest absolute Gasteiger partial charge is 0.444 e. The van der Waals surface area contributed by atoms with E-state index in [1.165, 1.54) is 23.7 Å². The Morgan fingerprint density at radius 2 is 2.00 bits per heavy atom. The Morgan fingerprint density at radius 3 is 2.80 bits per heavy atom. The molecule has 2 N–H and O–H groups in total. The lowest BCUT2D eigenvalue weighted by molar-refractivity contribution is 0.0635. The summed E-state index contributed by atoms with van der Waals surface area (Å²) in [7, 11) is 0. The summed E-state index contributed by atoms with van der Waals surface area (Å²) in [6, 6.07) is 1.64. The summed E-state index contributed by atoms with van der Waals surface area (Å²) in [6.07, 6.45) is 6.16. The van der Waals surface area contributed by atoms with Crippen molar-refractivity contribution >= 4 is 39.5 Å². The molecule has 5 rings (SSSR count). The lowest BCUT2D eigenvalue weighted by atomic mass is 10.2. The lowest BCUT2D eigenvalue weighted by Crippen LogP contribution is -2.27. The molecule has 0 radical (unpaired) electrons. The quantitative estimate of drug-likeness (QED) is 0.437. The molecule has 0 unspecified atom stereocenters. The molecule has 1 aliphatic rings. The number of carbonyl (C=O) groups is 2. The van der Waals surface area contributed by atoms with Crippen LogP contribution >= 0.6 is 11.3 Å². The van der Waals surface area contributed by atoms with Gasteiger partial charge < -0.3 is 14.8 Å². The molecule has 12 heteroatoms. The van der Waals surface area contributed by atoms with E-state index < -0.39 is 11.7 Å². The molecule has 0 atom stereocenters. The molecule has 11 nitrogen and oxygen atoms in total. The Balaban J connectivity index is 1.37. The van der Waals surface area contributed by atoms with Gasteiger partial charge in [-0.05, 0) is 33.8 Å². The van der Waals surface area contributed by atoms with Crippen LogP contribution in [0.5, 0.6) is 0 Å². The zero-order valence-electron chi connectivity index (χ0n) is 19.8. The number of nitrogens with one attached hydrogen (secondary N) is 2. The van der Waals surface area contributed by atoms with Crippen molar-refractivity contribution in [1.82, 2.24) is 24.4 Å². The number of nitrogens with zero attached hydrogens (tertiary/aromatic N) is 5. The maximum Gasteiger partial charge on any atom is 0.412 e. The number of pyridine rings is 1. The highest BCUT2D eigenvalue weighted by Gasteiger charge is 2.22. The first-order chi connectivity index (χ1) is 16.7. The number of rotatable bonds is 4. The van der Waals surface area contributed by atoms with Gasteiger partial charge in [-0.1, -0.05) is 0 Å². The number of ether oxygens (including phenoxy) is 2. The molecule has 182 valence electrons. The number of thiazole rings is 1. The van der Waals surface area contributed by atoms with E-state index in [9.17, 15) is 9.59 Å². The van der Waals surface area contributed by atoms with Gasteiger partial charge in [0.1, 0.15) is 10.4 Å². The van der Waals surface area contributed by atoms with Crippen molar-refractivity contribution in [2.45, 2.75) is 46.4 Å². The third-order valence-electron chi connectivity index (χ3n) is 5.32. The van der Waals surface area contributed by atoms with Crippen LogP contribution in [0, 0.1) is 6.92 Å². The molecule has 0 saturated heterocycles. The number of amides is 2. The number of fused-ring (bicyclic) bond motifs is 2. The normalized spacial score (nSPS) is 13.5. The molecule has 0 spiro atoms. The number of aryl methyl sites for hydroxylation is 1. The zero-order chi connectivity index (χ0) is 24.7. The molecule has 0 fully saturated rings. The molecule has 35 heavy (non-hydrogen) atoms. The molecule has 0 bridgehead atoms. The minimum absolute atomic E-state index is 0.326. The van der Waals surface area contributed by atoms with Gasteiger partial charge in [-0.25, -0.2) is 9.31 Å². The van der Waals surface area contributed by atoms with Crippen LogP contribution in [0.3, 0.4) is 0 Å². The molecule has 2 amide bonds. The van der Waals surface area contributed by atoms with E-state index in [0.29, 0.717) is 40.7 Å². The van der Waals surface area contributed by atoms with Crippen molar-refractivity contribution in [1.29, 1.82) is 0 Å². The fourth-order valence-electron chi connectivity index (χ4n) is 3.69. The fourth-order valence-corrected chi connectivity index (χ4v) is 4.78. The monoisotopic (exact) mass is 495 g/mol. The Labute approximate surface area is 205 Å². The van der Waals surface area contributed by atoms with Crippen LogP contribution in [0.15, 0.2) is 30.9 Å². The number of anilines is 2. The minimum atomic E-state index is -0.629. The molecule has 0 aromatic carbocycles. The topological polar surface area (TPSA) is 125 Å². The summed E-state index contributed by atoms with van der Waals surface area (Å²) in [5.41, 5.74) is 3.29. The summed E-state index contributed by atoms with van der Waals surface area (Å²) in [6.45, 7) is 8.99. The highest BCUT2D eigenvalue weighted by atomic mass is 32.1. The average molecular weight is 496 g/mol. The average Bonchev–Trinajstić information content (AvgIpc) is 3.48. The predicted octanol–water partition coefficient (Wildman–Crippen LogP) is 4.09. The Bertz CT molecular complexity index is 1430. The van der Waals surface area contributed by atoms with Crippen molar-refractivity contribution in [3.8, 4) is 10.4 Å². The van der Waals surface area contributed by atoms with Crippen molar-refractivity contribution < 1.29 is 19.1 Å². The fraction of sp³-hybridized carbons (Fsp3) is 0.348. The number of hydrogen-bond acceptors (Lipinski definition) is 8. The van der Waals surface area contributed by atoms with Crippen molar-refractivity contribution in [3.05, 3.63) is 47.8 Å². The van der Waals surface area contributed by atoms with Crippen LogP contribution in [0.1, 0.15) is 42.5 Å². The second-order valence-electron chi connectivity index (χ2n) is 9.12. The maximum atomic E-state index is 13.2. The van der Waals surface area contributed by atoms with Crippen LogP contribution in [-0.4, -0.2) is 48.6 Å². The molecule has 4 aromatic heterocycles. The van der Waals surface area contributed by atoms with Gasteiger partial charge in [0.25, 0.3) is 5.91 Å².